The van der Waals surface area contributed by atoms with E-state index in [9.17, 15) is 0 Å². The zero-order chi connectivity index (χ0) is 11.8. The third kappa shape index (κ3) is 4.68. The Morgan fingerprint density at radius 2 is 2.06 bits per heavy atom. The van der Waals surface area contributed by atoms with Gasteiger partial charge in [-0.05, 0) is 25.5 Å². The van der Waals surface area contributed by atoms with Crippen molar-refractivity contribution in [2.45, 2.75) is 32.7 Å². The maximum Gasteiger partial charge on any atom is 0.129 e. The number of aryl methyl sites for hydroxylation is 1. The van der Waals surface area contributed by atoms with E-state index in [1.807, 2.05) is 19.3 Å². The first kappa shape index (κ1) is 13.1. The van der Waals surface area contributed by atoms with Crippen LogP contribution in [0.2, 0.25) is 0 Å². The smallest absolute Gasteiger partial charge is 0.129 e. The molecule has 0 aliphatic heterocycles. The molecule has 1 unspecified atom stereocenters. The number of aromatic nitrogens is 2. The lowest BCUT2D eigenvalue weighted by Crippen LogP contribution is -2.36. The van der Waals surface area contributed by atoms with Gasteiger partial charge in [-0.1, -0.05) is 6.92 Å². The molecule has 0 aromatic carbocycles. The molecular weight excluding hydrogens is 202 g/mol. The van der Waals surface area contributed by atoms with Crippen molar-refractivity contribution in [3.63, 3.8) is 0 Å². The lowest BCUT2D eigenvalue weighted by Gasteiger charge is -2.16. The van der Waals surface area contributed by atoms with E-state index in [2.05, 4.69) is 22.2 Å². The molecule has 1 aromatic heterocycles. The Labute approximate surface area is 97.5 Å². The van der Waals surface area contributed by atoms with E-state index in [4.69, 9.17) is 4.74 Å². The Balaban J connectivity index is 2.49. The van der Waals surface area contributed by atoms with Crippen molar-refractivity contribution in [1.29, 1.82) is 0 Å². The molecule has 0 amide bonds. The van der Waals surface area contributed by atoms with Crippen LogP contribution in [0.3, 0.4) is 0 Å². The van der Waals surface area contributed by atoms with Crippen molar-refractivity contribution < 1.29 is 4.74 Å². The second-order valence-corrected chi connectivity index (χ2v) is 3.99. The molecule has 0 aliphatic carbocycles. The molecule has 1 aromatic rings. The molecule has 1 N–H and O–H groups in total. The largest absolute Gasteiger partial charge is 0.383 e. The van der Waals surface area contributed by atoms with Gasteiger partial charge in [-0.15, -0.1) is 0 Å². The SMILES string of the molecule is CCCNC(COC)Cc1ncc(C)cn1. The summed E-state index contributed by atoms with van der Waals surface area (Å²) in [7, 11) is 1.72. The number of nitrogens with one attached hydrogen (secondary N) is 1. The second-order valence-electron chi connectivity index (χ2n) is 3.99. The zero-order valence-corrected chi connectivity index (χ0v) is 10.4. The van der Waals surface area contributed by atoms with Crippen LogP contribution in [0.4, 0.5) is 0 Å². The van der Waals surface area contributed by atoms with Crippen molar-refractivity contribution >= 4 is 0 Å². The highest BCUT2D eigenvalue weighted by atomic mass is 16.5. The summed E-state index contributed by atoms with van der Waals surface area (Å²) in [6.45, 7) is 5.84. The maximum atomic E-state index is 5.18. The highest BCUT2D eigenvalue weighted by molar-refractivity contribution is 5.02. The van der Waals surface area contributed by atoms with Crippen LogP contribution in [0.15, 0.2) is 12.4 Å². The van der Waals surface area contributed by atoms with Crippen LogP contribution in [0.1, 0.15) is 24.7 Å². The topological polar surface area (TPSA) is 47.0 Å². The number of rotatable bonds is 7. The first-order valence-corrected chi connectivity index (χ1v) is 5.76. The molecule has 0 saturated carbocycles. The van der Waals surface area contributed by atoms with Crippen molar-refractivity contribution in [2.75, 3.05) is 20.3 Å². The van der Waals surface area contributed by atoms with Gasteiger partial charge in [0.05, 0.1) is 6.61 Å². The molecule has 16 heavy (non-hydrogen) atoms. The Morgan fingerprint density at radius 1 is 1.38 bits per heavy atom. The first-order chi connectivity index (χ1) is 7.76. The van der Waals surface area contributed by atoms with Gasteiger partial charge in [0.2, 0.25) is 0 Å². The van der Waals surface area contributed by atoms with Gasteiger partial charge < -0.3 is 10.1 Å². The molecule has 0 bridgehead atoms. The van der Waals surface area contributed by atoms with Crippen molar-refractivity contribution in [1.82, 2.24) is 15.3 Å². The third-order valence-electron chi connectivity index (χ3n) is 2.31. The average molecular weight is 223 g/mol. The predicted molar refractivity (Wildman–Crippen MR) is 64.4 cm³/mol. The average Bonchev–Trinajstić information content (AvgIpc) is 2.29. The van der Waals surface area contributed by atoms with Gasteiger partial charge in [-0.3, -0.25) is 0 Å². The molecule has 1 atom stereocenters. The highest BCUT2D eigenvalue weighted by Gasteiger charge is 2.09. The number of ether oxygens (including phenoxy) is 1. The van der Waals surface area contributed by atoms with Crippen LogP contribution >= 0.6 is 0 Å². The minimum absolute atomic E-state index is 0.299. The van der Waals surface area contributed by atoms with Gasteiger partial charge in [0, 0.05) is 32.0 Å². The minimum Gasteiger partial charge on any atom is -0.383 e. The van der Waals surface area contributed by atoms with Crippen LogP contribution in [0.25, 0.3) is 0 Å². The molecule has 0 aliphatic rings. The molecule has 4 heteroatoms. The zero-order valence-electron chi connectivity index (χ0n) is 10.4. The van der Waals surface area contributed by atoms with E-state index >= 15 is 0 Å². The molecule has 0 fully saturated rings. The Kier molecular flexibility index (Phi) is 5.96. The van der Waals surface area contributed by atoms with Crippen LogP contribution in [0.5, 0.6) is 0 Å². The van der Waals surface area contributed by atoms with E-state index in [1.165, 1.54) is 0 Å². The summed E-state index contributed by atoms with van der Waals surface area (Å²) in [5, 5.41) is 3.43. The fraction of sp³-hybridized carbons (Fsp3) is 0.667. The van der Waals surface area contributed by atoms with E-state index in [0.717, 1.165) is 30.8 Å². The fourth-order valence-electron chi connectivity index (χ4n) is 1.48. The maximum absolute atomic E-state index is 5.18. The summed E-state index contributed by atoms with van der Waals surface area (Å²) in [6.07, 6.45) is 5.64. The number of nitrogens with zero attached hydrogens (tertiary/aromatic N) is 2. The van der Waals surface area contributed by atoms with E-state index in [-0.39, 0.29) is 0 Å². The minimum atomic E-state index is 0.299. The molecular formula is C12H21N3O. The quantitative estimate of drug-likeness (QED) is 0.758. The van der Waals surface area contributed by atoms with E-state index in [1.54, 1.807) is 7.11 Å². The van der Waals surface area contributed by atoms with Gasteiger partial charge in [0.15, 0.2) is 0 Å². The molecule has 1 heterocycles. The molecule has 4 nitrogen and oxygen atoms in total. The second kappa shape index (κ2) is 7.30. The van der Waals surface area contributed by atoms with Gasteiger partial charge in [-0.2, -0.15) is 0 Å². The molecule has 0 saturated heterocycles. The summed E-state index contributed by atoms with van der Waals surface area (Å²) < 4.78 is 5.18. The first-order valence-electron chi connectivity index (χ1n) is 5.76. The highest BCUT2D eigenvalue weighted by Crippen LogP contribution is 1.99. The Hall–Kier alpha value is -1.00. The standard InChI is InChI=1S/C12H21N3O/c1-4-5-13-11(9-16-3)6-12-14-7-10(2)8-15-12/h7-8,11,13H,4-6,9H2,1-3H3. The van der Waals surface area contributed by atoms with Gasteiger partial charge in [0.25, 0.3) is 0 Å². The number of methoxy groups -OCH3 is 1. The lowest BCUT2D eigenvalue weighted by molar-refractivity contribution is 0.165. The number of hydrogen-bond acceptors (Lipinski definition) is 4. The molecule has 0 radical (unpaired) electrons. The summed E-state index contributed by atoms with van der Waals surface area (Å²) in [5.41, 5.74) is 1.09. The summed E-state index contributed by atoms with van der Waals surface area (Å²) >= 11 is 0. The third-order valence-corrected chi connectivity index (χ3v) is 2.31. The Morgan fingerprint density at radius 3 is 2.62 bits per heavy atom. The Bertz CT molecular complexity index is 287. The summed E-state index contributed by atoms with van der Waals surface area (Å²) in [5.74, 6) is 0.872. The van der Waals surface area contributed by atoms with Gasteiger partial charge in [0.1, 0.15) is 5.82 Å². The monoisotopic (exact) mass is 223 g/mol. The van der Waals surface area contributed by atoms with E-state index in [0.29, 0.717) is 12.6 Å². The normalized spacial score (nSPS) is 12.7. The molecule has 1 rings (SSSR count). The predicted octanol–water partition coefficient (Wildman–Crippen LogP) is 1.34. The van der Waals surface area contributed by atoms with Crippen LogP contribution < -0.4 is 5.32 Å². The fourth-order valence-corrected chi connectivity index (χ4v) is 1.48. The van der Waals surface area contributed by atoms with Gasteiger partial charge in [-0.25, -0.2) is 9.97 Å². The van der Waals surface area contributed by atoms with Crippen molar-refractivity contribution in [3.05, 3.63) is 23.8 Å². The van der Waals surface area contributed by atoms with Gasteiger partial charge >= 0.3 is 0 Å². The van der Waals surface area contributed by atoms with Crippen LogP contribution in [-0.4, -0.2) is 36.3 Å². The van der Waals surface area contributed by atoms with Crippen molar-refractivity contribution in [3.8, 4) is 0 Å². The van der Waals surface area contributed by atoms with Crippen LogP contribution in [-0.2, 0) is 11.2 Å². The molecule has 90 valence electrons. The van der Waals surface area contributed by atoms with Crippen molar-refractivity contribution in [2.24, 2.45) is 0 Å². The number of hydrogen-bond donors (Lipinski definition) is 1. The van der Waals surface area contributed by atoms with E-state index < -0.39 is 0 Å². The lowest BCUT2D eigenvalue weighted by atomic mass is 10.2. The van der Waals surface area contributed by atoms with Crippen LogP contribution in [0, 0.1) is 6.92 Å². The summed E-state index contributed by atoms with van der Waals surface area (Å²) in [6, 6.07) is 0.299. The molecule has 0 spiro atoms. The summed E-state index contributed by atoms with van der Waals surface area (Å²) in [4.78, 5) is 8.60.